The zero-order valence-corrected chi connectivity index (χ0v) is 8.75. The molecular weight excluding hydrogens is 162 g/mol. The van der Waals surface area contributed by atoms with Gasteiger partial charge in [0.25, 0.3) is 0 Å². The van der Waals surface area contributed by atoms with E-state index in [0.717, 1.165) is 19.5 Å². The van der Waals surface area contributed by atoms with Crippen molar-refractivity contribution in [2.45, 2.75) is 32.7 Å². The largest absolute Gasteiger partial charge is 0.512 e. The number of hydrogen-bond donors (Lipinski definition) is 1. The van der Waals surface area contributed by atoms with Crippen LogP contribution in [0.2, 0.25) is 0 Å². The summed E-state index contributed by atoms with van der Waals surface area (Å²) in [6.07, 6.45) is 3.07. The molecule has 1 N–H and O–H groups in total. The normalized spacial score (nSPS) is 34.8. The molecule has 2 atom stereocenters. The molecule has 0 aromatic rings. The van der Waals surface area contributed by atoms with Crippen LogP contribution < -0.4 is 0 Å². The predicted molar refractivity (Wildman–Crippen MR) is 53.6 cm³/mol. The average molecular weight is 181 g/mol. The molecule has 1 fully saturated rings. The summed E-state index contributed by atoms with van der Waals surface area (Å²) in [7, 11) is 0. The predicted octanol–water partition coefficient (Wildman–Crippen LogP) is 2.18. The molecule has 74 valence electrons. The summed E-state index contributed by atoms with van der Waals surface area (Å²) < 4.78 is 0. The second kappa shape index (κ2) is 2.74. The number of hydrogen-bond acceptors (Lipinski definition) is 2. The minimum atomic E-state index is 0.255. The van der Waals surface area contributed by atoms with Gasteiger partial charge >= 0.3 is 0 Å². The third-order valence-electron chi connectivity index (χ3n) is 3.40. The van der Waals surface area contributed by atoms with Crippen molar-refractivity contribution in [1.29, 1.82) is 0 Å². The topological polar surface area (TPSA) is 23.5 Å². The molecule has 0 aromatic heterocycles. The van der Waals surface area contributed by atoms with E-state index in [9.17, 15) is 5.11 Å². The summed E-state index contributed by atoms with van der Waals surface area (Å²) in [5.74, 6) is 1.75. The fourth-order valence-electron chi connectivity index (χ4n) is 2.42. The van der Waals surface area contributed by atoms with E-state index >= 15 is 0 Å². The molecule has 1 aliphatic heterocycles. The van der Waals surface area contributed by atoms with E-state index in [1.165, 1.54) is 0 Å². The number of likely N-dealkylation sites (tertiary alicyclic amines) is 1. The van der Waals surface area contributed by atoms with E-state index in [-0.39, 0.29) is 5.54 Å². The third kappa shape index (κ3) is 1.48. The number of rotatable bonds is 0. The van der Waals surface area contributed by atoms with Crippen LogP contribution in [0.4, 0.5) is 0 Å². The van der Waals surface area contributed by atoms with Gasteiger partial charge in [-0.2, -0.15) is 0 Å². The average Bonchev–Trinajstić information content (AvgIpc) is 2.51. The maximum Gasteiger partial charge on any atom is 0.0930 e. The number of fused-ring (bicyclic) bond motifs is 1. The Labute approximate surface area is 80.2 Å². The number of aliphatic hydroxyl groups excluding tert-OH is 1. The minimum Gasteiger partial charge on any atom is -0.512 e. The van der Waals surface area contributed by atoms with Gasteiger partial charge in [0.05, 0.1) is 5.76 Å². The lowest BCUT2D eigenvalue weighted by Gasteiger charge is -2.32. The van der Waals surface area contributed by atoms with Gasteiger partial charge in [0, 0.05) is 24.5 Å². The standard InChI is InChI=1S/C11H19NO/c1-11(2,3)12-6-8-4-5-10(13)9(8)7-12/h5,8-9,13H,4,6-7H2,1-3H3/t8-,9+/m0/s1. The Morgan fingerprint density at radius 2 is 2.08 bits per heavy atom. The van der Waals surface area contributed by atoms with E-state index in [1.54, 1.807) is 0 Å². The Bertz CT molecular complexity index is 239. The van der Waals surface area contributed by atoms with Crippen LogP contribution in [0.5, 0.6) is 0 Å². The Morgan fingerprint density at radius 1 is 1.38 bits per heavy atom. The highest BCUT2D eigenvalue weighted by Crippen LogP contribution is 2.39. The lowest BCUT2D eigenvalue weighted by atomic mass is 9.99. The van der Waals surface area contributed by atoms with E-state index in [4.69, 9.17) is 0 Å². The highest BCUT2D eigenvalue weighted by Gasteiger charge is 2.41. The van der Waals surface area contributed by atoms with Crippen molar-refractivity contribution < 1.29 is 5.11 Å². The van der Waals surface area contributed by atoms with Gasteiger partial charge in [-0.15, -0.1) is 0 Å². The van der Waals surface area contributed by atoms with Crippen LogP contribution in [-0.2, 0) is 0 Å². The molecule has 1 saturated heterocycles. The number of nitrogens with zero attached hydrogens (tertiary/aromatic N) is 1. The molecule has 0 aromatic carbocycles. The van der Waals surface area contributed by atoms with Crippen LogP contribution >= 0.6 is 0 Å². The zero-order chi connectivity index (χ0) is 9.64. The summed E-state index contributed by atoms with van der Waals surface area (Å²) in [5, 5.41) is 9.62. The van der Waals surface area contributed by atoms with Gasteiger partial charge in [-0.25, -0.2) is 0 Å². The van der Waals surface area contributed by atoms with Crippen LogP contribution in [0.1, 0.15) is 27.2 Å². The lowest BCUT2D eigenvalue weighted by Crippen LogP contribution is -2.40. The molecular formula is C11H19NO. The Hall–Kier alpha value is -0.500. The minimum absolute atomic E-state index is 0.255. The molecule has 0 bridgehead atoms. The fourth-order valence-corrected chi connectivity index (χ4v) is 2.42. The van der Waals surface area contributed by atoms with E-state index < -0.39 is 0 Å². The molecule has 2 nitrogen and oxygen atoms in total. The fraction of sp³-hybridized carbons (Fsp3) is 0.818. The van der Waals surface area contributed by atoms with Crippen LogP contribution in [-0.4, -0.2) is 28.6 Å². The maximum atomic E-state index is 9.62. The van der Waals surface area contributed by atoms with Crippen LogP contribution in [0.15, 0.2) is 11.8 Å². The van der Waals surface area contributed by atoms with E-state index in [1.807, 2.05) is 6.08 Å². The van der Waals surface area contributed by atoms with E-state index in [0.29, 0.717) is 17.6 Å². The Kier molecular flexibility index (Phi) is 1.91. The summed E-state index contributed by atoms with van der Waals surface area (Å²) in [4.78, 5) is 2.48. The molecule has 2 heteroatoms. The summed E-state index contributed by atoms with van der Waals surface area (Å²) in [5.41, 5.74) is 0.255. The maximum absolute atomic E-state index is 9.62. The molecule has 0 saturated carbocycles. The molecule has 1 heterocycles. The van der Waals surface area contributed by atoms with Crippen LogP contribution in [0.3, 0.4) is 0 Å². The van der Waals surface area contributed by atoms with Gasteiger partial charge in [0.2, 0.25) is 0 Å². The van der Waals surface area contributed by atoms with Gasteiger partial charge in [-0.3, -0.25) is 4.90 Å². The van der Waals surface area contributed by atoms with Crippen molar-refractivity contribution in [2.24, 2.45) is 11.8 Å². The molecule has 0 unspecified atom stereocenters. The van der Waals surface area contributed by atoms with Crippen LogP contribution in [0, 0.1) is 11.8 Å². The van der Waals surface area contributed by atoms with Crippen molar-refractivity contribution in [3.05, 3.63) is 11.8 Å². The summed E-state index contributed by atoms with van der Waals surface area (Å²) in [6, 6.07) is 0. The van der Waals surface area contributed by atoms with Gasteiger partial charge < -0.3 is 5.11 Å². The number of aliphatic hydroxyl groups is 1. The van der Waals surface area contributed by atoms with Crippen molar-refractivity contribution >= 4 is 0 Å². The quantitative estimate of drug-likeness (QED) is 0.619. The van der Waals surface area contributed by atoms with E-state index in [2.05, 4.69) is 25.7 Å². The van der Waals surface area contributed by atoms with Crippen molar-refractivity contribution in [2.75, 3.05) is 13.1 Å². The molecule has 2 rings (SSSR count). The Balaban J connectivity index is 2.07. The molecule has 13 heavy (non-hydrogen) atoms. The van der Waals surface area contributed by atoms with Gasteiger partial charge in [-0.05, 0) is 39.2 Å². The highest BCUT2D eigenvalue weighted by atomic mass is 16.3. The Morgan fingerprint density at radius 3 is 2.62 bits per heavy atom. The molecule has 1 aliphatic carbocycles. The molecule has 0 amide bonds. The second-order valence-electron chi connectivity index (χ2n) is 5.31. The van der Waals surface area contributed by atoms with Crippen molar-refractivity contribution in [1.82, 2.24) is 4.90 Å². The first-order valence-electron chi connectivity index (χ1n) is 5.12. The first-order chi connectivity index (χ1) is 5.98. The monoisotopic (exact) mass is 181 g/mol. The molecule has 0 radical (unpaired) electrons. The summed E-state index contributed by atoms with van der Waals surface area (Å²) in [6.45, 7) is 8.92. The highest BCUT2D eigenvalue weighted by molar-refractivity contribution is 5.13. The van der Waals surface area contributed by atoms with Gasteiger partial charge in [-0.1, -0.05) is 0 Å². The smallest absolute Gasteiger partial charge is 0.0930 e. The number of allylic oxidation sites excluding steroid dienone is 1. The lowest BCUT2D eigenvalue weighted by molar-refractivity contribution is 0.162. The zero-order valence-electron chi connectivity index (χ0n) is 8.75. The SMILES string of the molecule is CC(C)(C)N1C[C@@H]2CC=C(O)[C@@H]2C1. The third-order valence-corrected chi connectivity index (χ3v) is 3.40. The molecule has 2 aliphatic rings. The van der Waals surface area contributed by atoms with Crippen LogP contribution in [0.25, 0.3) is 0 Å². The van der Waals surface area contributed by atoms with Gasteiger partial charge in [0.1, 0.15) is 0 Å². The summed E-state index contributed by atoms with van der Waals surface area (Å²) >= 11 is 0. The second-order valence-corrected chi connectivity index (χ2v) is 5.31. The first kappa shape index (κ1) is 9.07. The van der Waals surface area contributed by atoms with Crippen molar-refractivity contribution in [3.63, 3.8) is 0 Å². The molecule has 0 spiro atoms. The first-order valence-corrected chi connectivity index (χ1v) is 5.12. The van der Waals surface area contributed by atoms with Crippen molar-refractivity contribution in [3.8, 4) is 0 Å². The van der Waals surface area contributed by atoms with Gasteiger partial charge in [0.15, 0.2) is 0 Å².